The Morgan fingerprint density at radius 2 is 1.29 bits per heavy atom. The molecular formula is C16H34O5. The molecule has 0 saturated heterocycles. The van der Waals surface area contributed by atoms with Crippen LogP contribution >= 0.6 is 0 Å². The number of aliphatic hydroxyl groups excluding tert-OH is 1. The van der Waals surface area contributed by atoms with E-state index in [1.807, 2.05) is 0 Å². The predicted molar refractivity (Wildman–Crippen MR) is 83.7 cm³/mol. The van der Waals surface area contributed by atoms with E-state index in [0.717, 1.165) is 6.61 Å². The highest BCUT2D eigenvalue weighted by Gasteiger charge is 2.05. The van der Waals surface area contributed by atoms with Crippen molar-refractivity contribution in [2.45, 2.75) is 39.5 Å². The molecule has 0 aromatic heterocycles. The highest BCUT2D eigenvalue weighted by molar-refractivity contribution is 4.55. The molecule has 0 radical (unpaired) electrons. The van der Waals surface area contributed by atoms with Crippen LogP contribution in [0.1, 0.15) is 39.5 Å². The quantitative estimate of drug-likeness (QED) is 0.418. The molecule has 0 aromatic carbocycles. The van der Waals surface area contributed by atoms with E-state index >= 15 is 0 Å². The molecule has 0 rings (SSSR count). The average molecular weight is 306 g/mol. The van der Waals surface area contributed by atoms with Gasteiger partial charge in [0.15, 0.2) is 0 Å². The molecule has 0 aliphatic heterocycles. The second-order valence-corrected chi connectivity index (χ2v) is 5.05. The number of rotatable bonds is 17. The van der Waals surface area contributed by atoms with E-state index in [1.54, 1.807) is 0 Å². The molecule has 21 heavy (non-hydrogen) atoms. The van der Waals surface area contributed by atoms with E-state index in [0.29, 0.717) is 52.2 Å². The Kier molecular flexibility index (Phi) is 17.7. The van der Waals surface area contributed by atoms with Crippen molar-refractivity contribution in [3.8, 4) is 0 Å². The third-order valence-corrected chi connectivity index (χ3v) is 3.25. The average Bonchev–Trinajstić information content (AvgIpc) is 2.51. The van der Waals surface area contributed by atoms with Crippen LogP contribution in [0, 0.1) is 5.92 Å². The third kappa shape index (κ3) is 16.0. The van der Waals surface area contributed by atoms with Gasteiger partial charge in [-0.15, -0.1) is 0 Å². The Bertz CT molecular complexity index is 190. The fraction of sp³-hybridized carbons (Fsp3) is 1.00. The normalized spacial score (nSPS) is 12.7. The minimum atomic E-state index is 0.0560. The largest absolute Gasteiger partial charge is 0.394 e. The lowest BCUT2D eigenvalue weighted by Gasteiger charge is -2.14. The van der Waals surface area contributed by atoms with Crippen LogP contribution in [0.5, 0.6) is 0 Å². The summed E-state index contributed by atoms with van der Waals surface area (Å²) in [7, 11) is 0. The van der Waals surface area contributed by atoms with Gasteiger partial charge in [0, 0.05) is 6.61 Å². The van der Waals surface area contributed by atoms with E-state index in [9.17, 15) is 0 Å². The zero-order chi connectivity index (χ0) is 15.6. The van der Waals surface area contributed by atoms with Crippen LogP contribution in [-0.4, -0.2) is 64.6 Å². The summed E-state index contributed by atoms with van der Waals surface area (Å²) in [5, 5.41) is 8.50. The highest BCUT2D eigenvalue weighted by Crippen LogP contribution is 2.12. The van der Waals surface area contributed by atoms with Gasteiger partial charge in [0.2, 0.25) is 0 Å². The number of hydrogen-bond acceptors (Lipinski definition) is 5. The van der Waals surface area contributed by atoms with E-state index in [2.05, 4.69) is 13.8 Å². The number of ether oxygens (including phenoxy) is 4. The molecule has 1 atom stereocenters. The highest BCUT2D eigenvalue weighted by atomic mass is 16.6. The maximum Gasteiger partial charge on any atom is 0.0701 e. The van der Waals surface area contributed by atoms with Gasteiger partial charge in [-0.2, -0.15) is 0 Å². The van der Waals surface area contributed by atoms with Crippen molar-refractivity contribution in [1.82, 2.24) is 0 Å². The molecule has 1 N–H and O–H groups in total. The van der Waals surface area contributed by atoms with E-state index in [-0.39, 0.29) is 6.61 Å². The number of unbranched alkanes of at least 4 members (excludes halogenated alkanes) is 1. The molecule has 1 unspecified atom stereocenters. The summed E-state index contributed by atoms with van der Waals surface area (Å²) in [6.45, 7) is 9.19. The Morgan fingerprint density at radius 3 is 1.76 bits per heavy atom. The summed E-state index contributed by atoms with van der Waals surface area (Å²) in [6, 6.07) is 0. The van der Waals surface area contributed by atoms with E-state index < -0.39 is 0 Å². The van der Waals surface area contributed by atoms with Gasteiger partial charge in [0.1, 0.15) is 0 Å². The predicted octanol–water partition coefficient (Wildman–Crippen LogP) is 2.26. The van der Waals surface area contributed by atoms with Gasteiger partial charge in [-0.1, -0.05) is 33.1 Å². The van der Waals surface area contributed by atoms with Crippen molar-refractivity contribution < 1.29 is 24.1 Å². The molecule has 0 aliphatic rings. The Balaban J connectivity index is 3.14. The fourth-order valence-electron chi connectivity index (χ4n) is 1.87. The number of aliphatic hydroxyl groups is 1. The Morgan fingerprint density at radius 1 is 0.762 bits per heavy atom. The minimum Gasteiger partial charge on any atom is -0.394 e. The summed E-state index contributed by atoms with van der Waals surface area (Å²) < 4.78 is 21.5. The van der Waals surface area contributed by atoms with Gasteiger partial charge in [0.05, 0.1) is 52.9 Å². The van der Waals surface area contributed by atoms with Gasteiger partial charge < -0.3 is 24.1 Å². The minimum absolute atomic E-state index is 0.0560. The summed E-state index contributed by atoms with van der Waals surface area (Å²) in [5.74, 6) is 0.687. The monoisotopic (exact) mass is 306 g/mol. The lowest BCUT2D eigenvalue weighted by Crippen LogP contribution is -2.14. The van der Waals surface area contributed by atoms with Crippen LogP contribution in [0.15, 0.2) is 0 Å². The fourth-order valence-corrected chi connectivity index (χ4v) is 1.87. The summed E-state index contributed by atoms with van der Waals surface area (Å²) in [5.41, 5.74) is 0. The molecule has 0 aliphatic carbocycles. The first-order valence-electron chi connectivity index (χ1n) is 8.26. The van der Waals surface area contributed by atoms with Crippen molar-refractivity contribution in [3.63, 3.8) is 0 Å². The maximum absolute atomic E-state index is 8.50. The molecular weight excluding hydrogens is 272 g/mol. The van der Waals surface area contributed by atoms with Gasteiger partial charge >= 0.3 is 0 Å². The molecule has 0 amide bonds. The molecule has 0 bridgehead atoms. The molecule has 0 fully saturated rings. The van der Waals surface area contributed by atoms with Gasteiger partial charge in [-0.05, 0) is 12.3 Å². The number of hydrogen-bond donors (Lipinski definition) is 1. The van der Waals surface area contributed by atoms with Crippen molar-refractivity contribution in [2.24, 2.45) is 5.92 Å². The second-order valence-electron chi connectivity index (χ2n) is 5.05. The van der Waals surface area contributed by atoms with Crippen molar-refractivity contribution in [1.29, 1.82) is 0 Å². The van der Waals surface area contributed by atoms with E-state index in [4.69, 9.17) is 24.1 Å². The summed E-state index contributed by atoms with van der Waals surface area (Å²) in [6.07, 6.45) is 5.00. The van der Waals surface area contributed by atoms with Crippen LogP contribution in [-0.2, 0) is 18.9 Å². The summed E-state index contributed by atoms with van der Waals surface area (Å²) >= 11 is 0. The van der Waals surface area contributed by atoms with E-state index in [1.165, 1.54) is 25.7 Å². The SMILES string of the molecule is CCCCC(CC)COCCOCCOCCOCCO. The first-order valence-corrected chi connectivity index (χ1v) is 8.26. The smallest absolute Gasteiger partial charge is 0.0701 e. The second kappa shape index (κ2) is 17.9. The zero-order valence-electron chi connectivity index (χ0n) is 13.8. The standard InChI is InChI=1S/C16H34O5/c1-3-5-6-16(4-2)15-21-14-13-20-12-11-19-10-9-18-8-7-17/h16-17H,3-15H2,1-2H3. The Hall–Kier alpha value is -0.200. The molecule has 0 aromatic rings. The van der Waals surface area contributed by atoms with Crippen LogP contribution in [0.2, 0.25) is 0 Å². The molecule has 128 valence electrons. The molecule has 0 saturated carbocycles. The first-order chi connectivity index (χ1) is 10.3. The van der Waals surface area contributed by atoms with Crippen molar-refractivity contribution >= 4 is 0 Å². The molecule has 5 heteroatoms. The topological polar surface area (TPSA) is 57.2 Å². The van der Waals surface area contributed by atoms with Crippen LogP contribution in [0.25, 0.3) is 0 Å². The third-order valence-electron chi connectivity index (χ3n) is 3.25. The maximum atomic E-state index is 8.50. The van der Waals surface area contributed by atoms with Gasteiger partial charge in [-0.3, -0.25) is 0 Å². The lowest BCUT2D eigenvalue weighted by atomic mass is 10.0. The lowest BCUT2D eigenvalue weighted by molar-refractivity contribution is -0.00946. The van der Waals surface area contributed by atoms with Crippen LogP contribution in [0.3, 0.4) is 0 Å². The van der Waals surface area contributed by atoms with Crippen LogP contribution < -0.4 is 0 Å². The molecule has 0 spiro atoms. The van der Waals surface area contributed by atoms with Gasteiger partial charge in [-0.25, -0.2) is 0 Å². The first kappa shape index (κ1) is 20.8. The van der Waals surface area contributed by atoms with Crippen molar-refractivity contribution in [2.75, 3.05) is 59.5 Å². The molecule has 0 heterocycles. The van der Waals surface area contributed by atoms with Gasteiger partial charge in [0.25, 0.3) is 0 Å². The summed E-state index contributed by atoms with van der Waals surface area (Å²) in [4.78, 5) is 0. The molecule has 5 nitrogen and oxygen atoms in total. The van der Waals surface area contributed by atoms with Crippen molar-refractivity contribution in [3.05, 3.63) is 0 Å². The van der Waals surface area contributed by atoms with Crippen LogP contribution in [0.4, 0.5) is 0 Å². The Labute approximate surface area is 129 Å². The zero-order valence-corrected chi connectivity index (χ0v) is 13.8.